The summed E-state index contributed by atoms with van der Waals surface area (Å²) in [5.74, 6) is 1.04. The van der Waals surface area contributed by atoms with Gasteiger partial charge >= 0.3 is 0 Å². The molecule has 2 atom stereocenters. The van der Waals surface area contributed by atoms with Gasteiger partial charge in [-0.2, -0.15) is 0 Å². The topological polar surface area (TPSA) is 84.9 Å². The lowest BCUT2D eigenvalue weighted by molar-refractivity contribution is -0.123. The van der Waals surface area contributed by atoms with Crippen LogP contribution >= 0.6 is 0 Å². The van der Waals surface area contributed by atoms with E-state index in [0.29, 0.717) is 24.3 Å². The molecule has 0 fully saturated rings. The van der Waals surface area contributed by atoms with Gasteiger partial charge in [-0.15, -0.1) is 0 Å². The van der Waals surface area contributed by atoms with Crippen LogP contribution in [0.3, 0.4) is 0 Å². The molecule has 1 heterocycles. The number of para-hydroxylation sites is 1. The molecule has 7 nitrogen and oxygen atoms in total. The van der Waals surface area contributed by atoms with Crippen LogP contribution in [0.4, 0.5) is 5.69 Å². The van der Waals surface area contributed by atoms with Crippen molar-refractivity contribution in [3.63, 3.8) is 0 Å². The molecule has 33 heavy (non-hydrogen) atoms. The Balaban J connectivity index is 1.94. The van der Waals surface area contributed by atoms with Gasteiger partial charge in [-0.25, -0.2) is 8.42 Å². The van der Waals surface area contributed by atoms with Crippen molar-refractivity contribution in [2.75, 3.05) is 17.7 Å². The maximum atomic E-state index is 13.5. The number of anilines is 1. The lowest BCUT2D eigenvalue weighted by atomic mass is 9.83. The van der Waals surface area contributed by atoms with E-state index in [1.807, 2.05) is 31.2 Å². The Bertz CT molecular complexity index is 1060. The molecule has 1 N–H and O–H groups in total. The van der Waals surface area contributed by atoms with Crippen LogP contribution in [0.25, 0.3) is 0 Å². The van der Waals surface area contributed by atoms with E-state index in [4.69, 9.17) is 9.47 Å². The number of hydrogen-bond acceptors (Lipinski definition) is 5. The van der Waals surface area contributed by atoms with E-state index in [9.17, 15) is 13.2 Å². The highest BCUT2D eigenvalue weighted by molar-refractivity contribution is 7.92. The summed E-state index contributed by atoms with van der Waals surface area (Å²) in [6.45, 7) is 5.98. The Morgan fingerprint density at radius 3 is 2.33 bits per heavy atom. The van der Waals surface area contributed by atoms with Crippen LogP contribution in [0.1, 0.15) is 58.1 Å². The molecule has 3 rings (SSSR count). The largest absolute Gasteiger partial charge is 0.497 e. The van der Waals surface area contributed by atoms with Gasteiger partial charge in [0.05, 0.1) is 25.1 Å². The second-order valence-corrected chi connectivity index (χ2v) is 10.3. The standard InChI is InChI=1S/C25H34N2O5S/c1-6-22(27(33(5,29)30)18-13-15-19(31-4)16-14-18)24(28)26-21-17-25(7-2,8-3)32-23-12-10-9-11-20(21)23/h9-16,21-22H,6-8,17H2,1-5H3,(H,26,28)/t21-,22-/m0/s1. The minimum Gasteiger partial charge on any atom is -0.497 e. The molecular weight excluding hydrogens is 440 g/mol. The van der Waals surface area contributed by atoms with Gasteiger partial charge in [0.15, 0.2) is 0 Å². The number of fused-ring (bicyclic) bond motifs is 1. The Labute approximate surface area is 197 Å². The molecule has 2 aromatic rings. The van der Waals surface area contributed by atoms with Crippen molar-refractivity contribution in [2.45, 2.75) is 64.1 Å². The third-order valence-electron chi connectivity index (χ3n) is 6.46. The van der Waals surface area contributed by atoms with E-state index in [1.165, 1.54) is 4.31 Å². The number of rotatable bonds is 9. The number of ether oxygens (including phenoxy) is 2. The fourth-order valence-electron chi connectivity index (χ4n) is 4.49. The first-order valence-electron chi connectivity index (χ1n) is 11.4. The summed E-state index contributed by atoms with van der Waals surface area (Å²) in [5, 5.41) is 3.14. The van der Waals surface area contributed by atoms with Crippen LogP contribution in [0.15, 0.2) is 48.5 Å². The van der Waals surface area contributed by atoms with Gasteiger partial charge in [0.2, 0.25) is 15.9 Å². The number of nitrogens with zero attached hydrogens (tertiary/aromatic N) is 1. The Hall–Kier alpha value is -2.74. The smallest absolute Gasteiger partial charge is 0.244 e. The number of hydrogen-bond donors (Lipinski definition) is 1. The SMILES string of the molecule is CC[C@@H](C(=O)N[C@H]1CC(CC)(CC)Oc2ccccc21)N(c1ccc(OC)cc1)S(C)(=O)=O. The predicted molar refractivity (Wildman–Crippen MR) is 130 cm³/mol. The normalized spacial score (nSPS) is 17.9. The van der Waals surface area contributed by atoms with Crippen LogP contribution in [0.5, 0.6) is 11.5 Å². The first-order valence-corrected chi connectivity index (χ1v) is 13.2. The predicted octanol–water partition coefficient (Wildman–Crippen LogP) is 4.44. The van der Waals surface area contributed by atoms with Crippen molar-refractivity contribution < 1.29 is 22.7 Å². The van der Waals surface area contributed by atoms with Gasteiger partial charge in [0.25, 0.3) is 0 Å². The summed E-state index contributed by atoms with van der Waals surface area (Å²) in [7, 11) is -2.17. The fraction of sp³-hybridized carbons (Fsp3) is 0.480. The minimum atomic E-state index is -3.72. The van der Waals surface area contributed by atoms with Crippen LogP contribution in [0, 0.1) is 0 Å². The van der Waals surface area contributed by atoms with Crippen LogP contribution < -0.4 is 19.1 Å². The van der Waals surface area contributed by atoms with Crippen molar-refractivity contribution >= 4 is 21.6 Å². The summed E-state index contributed by atoms with van der Waals surface area (Å²) in [6.07, 6.45) is 3.69. The quantitative estimate of drug-likeness (QED) is 0.581. The highest BCUT2D eigenvalue weighted by Crippen LogP contribution is 2.42. The van der Waals surface area contributed by atoms with Gasteiger partial charge in [0.1, 0.15) is 23.1 Å². The van der Waals surface area contributed by atoms with Crippen molar-refractivity contribution in [2.24, 2.45) is 0 Å². The molecule has 0 unspecified atom stereocenters. The summed E-state index contributed by atoms with van der Waals surface area (Å²) in [6, 6.07) is 13.2. The van der Waals surface area contributed by atoms with E-state index in [0.717, 1.165) is 30.4 Å². The second kappa shape index (κ2) is 10.0. The van der Waals surface area contributed by atoms with E-state index < -0.39 is 16.1 Å². The molecule has 0 spiro atoms. The van der Waals surface area contributed by atoms with Crippen molar-refractivity contribution in [1.82, 2.24) is 5.32 Å². The average Bonchev–Trinajstić information content (AvgIpc) is 2.81. The maximum Gasteiger partial charge on any atom is 0.244 e. The number of carbonyl (C=O) groups is 1. The summed E-state index contributed by atoms with van der Waals surface area (Å²) < 4.78 is 38.3. The zero-order chi connectivity index (χ0) is 24.2. The number of nitrogens with one attached hydrogen (secondary N) is 1. The number of benzene rings is 2. The molecule has 180 valence electrons. The molecule has 1 amide bonds. The zero-order valence-electron chi connectivity index (χ0n) is 20.0. The van der Waals surface area contributed by atoms with Crippen molar-refractivity contribution in [3.8, 4) is 11.5 Å². The van der Waals surface area contributed by atoms with Gasteiger partial charge in [-0.1, -0.05) is 39.0 Å². The molecule has 0 aromatic heterocycles. The number of sulfonamides is 1. The van der Waals surface area contributed by atoms with E-state index in [2.05, 4.69) is 19.2 Å². The maximum absolute atomic E-state index is 13.5. The lowest BCUT2D eigenvalue weighted by Gasteiger charge is -2.42. The Kier molecular flexibility index (Phi) is 7.57. The monoisotopic (exact) mass is 474 g/mol. The molecule has 0 bridgehead atoms. The summed E-state index contributed by atoms with van der Waals surface area (Å²) in [4.78, 5) is 13.5. The van der Waals surface area contributed by atoms with Crippen LogP contribution in [-0.2, 0) is 14.8 Å². The number of carbonyl (C=O) groups excluding carboxylic acids is 1. The molecule has 1 aliphatic heterocycles. The summed E-state index contributed by atoms with van der Waals surface area (Å²) >= 11 is 0. The van der Waals surface area contributed by atoms with Crippen molar-refractivity contribution in [3.05, 3.63) is 54.1 Å². The van der Waals surface area contributed by atoms with Crippen LogP contribution in [-0.4, -0.2) is 39.3 Å². The van der Waals surface area contributed by atoms with Gasteiger partial charge in [0, 0.05) is 12.0 Å². The molecule has 0 saturated carbocycles. The Morgan fingerprint density at radius 2 is 1.79 bits per heavy atom. The van der Waals surface area contributed by atoms with Crippen molar-refractivity contribution in [1.29, 1.82) is 0 Å². The summed E-state index contributed by atoms with van der Waals surface area (Å²) in [5.41, 5.74) is 0.957. The second-order valence-electron chi connectivity index (χ2n) is 8.48. The fourth-order valence-corrected chi connectivity index (χ4v) is 5.70. The minimum absolute atomic E-state index is 0.270. The van der Waals surface area contributed by atoms with Gasteiger partial charge in [-0.05, 0) is 49.6 Å². The number of amides is 1. The van der Waals surface area contributed by atoms with Gasteiger partial charge < -0.3 is 14.8 Å². The van der Waals surface area contributed by atoms with E-state index >= 15 is 0 Å². The van der Waals surface area contributed by atoms with E-state index in [1.54, 1.807) is 31.4 Å². The molecule has 0 aliphatic carbocycles. The average molecular weight is 475 g/mol. The first-order chi connectivity index (χ1) is 15.7. The zero-order valence-corrected chi connectivity index (χ0v) is 20.8. The molecule has 2 aromatic carbocycles. The lowest BCUT2D eigenvalue weighted by Crippen LogP contribution is -2.52. The Morgan fingerprint density at radius 1 is 1.15 bits per heavy atom. The highest BCUT2D eigenvalue weighted by atomic mass is 32.2. The highest BCUT2D eigenvalue weighted by Gasteiger charge is 2.40. The first kappa shape index (κ1) is 24.9. The van der Waals surface area contributed by atoms with Crippen LogP contribution in [0.2, 0.25) is 0 Å². The van der Waals surface area contributed by atoms with E-state index in [-0.39, 0.29) is 17.6 Å². The van der Waals surface area contributed by atoms with Gasteiger partial charge in [-0.3, -0.25) is 9.10 Å². The molecule has 0 radical (unpaired) electrons. The molecular formula is C25H34N2O5S. The third kappa shape index (κ3) is 5.27. The molecule has 1 aliphatic rings. The number of methoxy groups -OCH3 is 1. The molecule has 0 saturated heterocycles. The molecule has 8 heteroatoms. The third-order valence-corrected chi connectivity index (χ3v) is 7.64.